The maximum atomic E-state index is 15.1. The first kappa shape index (κ1) is 22.1. The molecule has 1 N–H and O–H groups in total. The maximum Gasteiger partial charge on any atom is 0.278 e. The van der Waals surface area contributed by atoms with E-state index in [1.165, 1.54) is 28.7 Å². The third-order valence-corrected chi connectivity index (χ3v) is 7.92. The Kier molecular flexibility index (Phi) is 5.30. The third-order valence-electron chi connectivity index (χ3n) is 6.81. The fraction of sp³-hybridized carbons (Fsp3) is 0.280. The van der Waals surface area contributed by atoms with E-state index in [1.807, 2.05) is 29.3 Å². The minimum atomic E-state index is -0.922. The van der Waals surface area contributed by atoms with Gasteiger partial charge in [0.1, 0.15) is 6.17 Å². The van der Waals surface area contributed by atoms with E-state index in [4.69, 9.17) is 4.74 Å². The standard InChI is InChI=1S/C25H21F2N3O4S/c26-17-6-5-14-16(21(17)27)13-35-19-4-2-1-3-15(19)22(14)30-20-8-11-34-12-10-28(20)25(33)23-24(32)18(31)7-9-29(23)30/h1-7,9,20,22,32H,8,10-13H2/t20-,22+/m1/s1. The van der Waals surface area contributed by atoms with Gasteiger partial charge >= 0.3 is 0 Å². The lowest BCUT2D eigenvalue weighted by molar-refractivity contribution is 0.0557. The molecule has 2 aromatic carbocycles. The van der Waals surface area contributed by atoms with Crippen LogP contribution < -0.4 is 10.4 Å². The van der Waals surface area contributed by atoms with Gasteiger partial charge in [0, 0.05) is 41.4 Å². The second-order valence-corrected chi connectivity index (χ2v) is 9.66. The van der Waals surface area contributed by atoms with Gasteiger partial charge in [-0.05, 0) is 23.3 Å². The number of aromatic nitrogens is 1. The third kappa shape index (κ3) is 3.35. The zero-order valence-electron chi connectivity index (χ0n) is 18.5. The molecule has 3 aliphatic rings. The van der Waals surface area contributed by atoms with Crippen LogP contribution in [0.15, 0.2) is 58.4 Å². The minimum absolute atomic E-state index is 0.158. The summed E-state index contributed by atoms with van der Waals surface area (Å²) in [6.07, 6.45) is 1.39. The number of hydrogen-bond acceptors (Lipinski definition) is 6. The van der Waals surface area contributed by atoms with E-state index in [-0.39, 0.29) is 23.6 Å². The molecule has 3 aliphatic heterocycles. The molecule has 180 valence electrons. The first-order valence-corrected chi connectivity index (χ1v) is 12.3. The first-order chi connectivity index (χ1) is 17.0. The lowest BCUT2D eigenvalue weighted by Crippen LogP contribution is -2.62. The number of hydrogen-bond donors (Lipinski definition) is 1. The Morgan fingerprint density at radius 3 is 2.71 bits per heavy atom. The molecule has 2 atom stereocenters. The number of pyridine rings is 1. The topological polar surface area (TPSA) is 75.0 Å². The van der Waals surface area contributed by atoms with Gasteiger partial charge in [-0.3, -0.25) is 19.3 Å². The molecule has 6 rings (SSSR count). The highest BCUT2D eigenvalue weighted by Crippen LogP contribution is 2.45. The molecule has 1 aromatic heterocycles. The number of rotatable bonds is 1. The van der Waals surface area contributed by atoms with E-state index < -0.39 is 40.9 Å². The Hall–Kier alpha value is -3.37. The molecule has 0 saturated carbocycles. The van der Waals surface area contributed by atoms with Gasteiger partial charge in [0.05, 0.1) is 19.3 Å². The molecule has 1 amide bonds. The zero-order valence-corrected chi connectivity index (χ0v) is 19.3. The average molecular weight is 498 g/mol. The quantitative estimate of drug-likeness (QED) is 0.556. The molecular formula is C25H21F2N3O4S. The minimum Gasteiger partial charge on any atom is -0.502 e. The van der Waals surface area contributed by atoms with Crippen LogP contribution in [0.3, 0.4) is 0 Å². The number of aromatic hydroxyl groups is 1. The van der Waals surface area contributed by atoms with E-state index in [0.717, 1.165) is 16.5 Å². The van der Waals surface area contributed by atoms with Gasteiger partial charge in [0.25, 0.3) is 5.91 Å². The predicted molar refractivity (Wildman–Crippen MR) is 125 cm³/mol. The molecule has 0 aliphatic carbocycles. The highest BCUT2D eigenvalue weighted by Gasteiger charge is 2.45. The highest BCUT2D eigenvalue weighted by atomic mass is 32.2. The first-order valence-electron chi connectivity index (χ1n) is 11.3. The van der Waals surface area contributed by atoms with Crippen LogP contribution in [-0.2, 0) is 10.5 Å². The summed E-state index contributed by atoms with van der Waals surface area (Å²) in [7, 11) is 0. The number of fused-ring (bicyclic) bond motifs is 4. The molecule has 0 unspecified atom stereocenters. The Morgan fingerprint density at radius 1 is 1.03 bits per heavy atom. The normalized spacial score (nSPS) is 21.4. The molecule has 3 aromatic rings. The van der Waals surface area contributed by atoms with Gasteiger partial charge in [-0.1, -0.05) is 24.3 Å². The maximum absolute atomic E-state index is 15.1. The molecule has 0 spiro atoms. The van der Waals surface area contributed by atoms with Crippen molar-refractivity contribution in [3.8, 4) is 5.75 Å². The van der Waals surface area contributed by atoms with Crippen molar-refractivity contribution in [2.24, 2.45) is 0 Å². The van der Waals surface area contributed by atoms with Gasteiger partial charge in [-0.2, -0.15) is 0 Å². The van der Waals surface area contributed by atoms with Gasteiger partial charge in [0.15, 0.2) is 23.1 Å². The van der Waals surface area contributed by atoms with Crippen LogP contribution >= 0.6 is 11.8 Å². The summed E-state index contributed by atoms with van der Waals surface area (Å²) < 4.78 is 36.6. The smallest absolute Gasteiger partial charge is 0.278 e. The van der Waals surface area contributed by atoms with E-state index in [2.05, 4.69) is 0 Å². The molecule has 1 saturated heterocycles. The van der Waals surface area contributed by atoms with Crippen LogP contribution in [0, 0.1) is 11.6 Å². The number of thioether (sulfide) groups is 1. The summed E-state index contributed by atoms with van der Waals surface area (Å²) in [5.41, 5.74) is 0.834. The van der Waals surface area contributed by atoms with Gasteiger partial charge in [0.2, 0.25) is 5.43 Å². The van der Waals surface area contributed by atoms with Gasteiger partial charge < -0.3 is 14.7 Å². The molecule has 0 radical (unpaired) electrons. The van der Waals surface area contributed by atoms with Crippen molar-refractivity contribution in [3.63, 3.8) is 0 Å². The summed E-state index contributed by atoms with van der Waals surface area (Å²) in [6, 6.07) is 10.9. The number of carbonyl (C=O) groups is 1. The molecule has 35 heavy (non-hydrogen) atoms. The summed E-state index contributed by atoms with van der Waals surface area (Å²) in [5, 5.41) is 12.5. The monoisotopic (exact) mass is 497 g/mol. The summed E-state index contributed by atoms with van der Waals surface area (Å²) in [6.45, 7) is 0.956. The number of benzene rings is 2. The van der Waals surface area contributed by atoms with E-state index in [0.29, 0.717) is 25.2 Å². The second kappa shape index (κ2) is 8.39. The summed E-state index contributed by atoms with van der Waals surface area (Å²) >= 11 is 1.42. The molecule has 7 nitrogen and oxygen atoms in total. The van der Waals surface area contributed by atoms with Crippen LogP contribution in [0.25, 0.3) is 0 Å². The molecule has 4 heterocycles. The number of carbonyl (C=O) groups excluding carboxylic acids is 1. The van der Waals surface area contributed by atoms with Crippen molar-refractivity contribution >= 4 is 17.7 Å². The van der Waals surface area contributed by atoms with Crippen LogP contribution in [0.5, 0.6) is 5.75 Å². The van der Waals surface area contributed by atoms with Crippen molar-refractivity contribution in [2.75, 3.05) is 24.8 Å². The lowest BCUT2D eigenvalue weighted by atomic mass is 9.93. The van der Waals surface area contributed by atoms with Gasteiger partial charge in [-0.25, -0.2) is 8.78 Å². The van der Waals surface area contributed by atoms with Crippen LogP contribution in [0.1, 0.15) is 39.6 Å². The average Bonchev–Trinajstić information content (AvgIpc) is 3.20. The van der Waals surface area contributed by atoms with Crippen molar-refractivity contribution in [1.82, 2.24) is 9.58 Å². The van der Waals surface area contributed by atoms with Crippen molar-refractivity contribution < 1.29 is 23.4 Å². The van der Waals surface area contributed by atoms with Gasteiger partial charge in [-0.15, -0.1) is 11.8 Å². The molecular weight excluding hydrogens is 476 g/mol. The Morgan fingerprint density at radius 2 is 1.86 bits per heavy atom. The fourth-order valence-corrected chi connectivity index (χ4v) is 6.32. The SMILES string of the molecule is O=C1c2c(O)c(=O)ccn2N([C@@H]2c3ccccc3SCc3c2ccc(F)c3F)[C@@H]2CCOCCN12. The molecule has 1 fully saturated rings. The van der Waals surface area contributed by atoms with Crippen LogP contribution in [0.2, 0.25) is 0 Å². The Labute approximate surface area is 203 Å². The van der Waals surface area contributed by atoms with Crippen molar-refractivity contribution in [3.05, 3.63) is 92.9 Å². The van der Waals surface area contributed by atoms with E-state index >= 15 is 4.39 Å². The predicted octanol–water partition coefficient (Wildman–Crippen LogP) is 3.37. The van der Waals surface area contributed by atoms with E-state index in [9.17, 15) is 19.1 Å². The van der Waals surface area contributed by atoms with Crippen molar-refractivity contribution in [2.45, 2.75) is 29.3 Å². The van der Waals surface area contributed by atoms with Crippen LogP contribution in [-0.4, -0.2) is 46.5 Å². The molecule has 10 heteroatoms. The van der Waals surface area contributed by atoms with E-state index in [1.54, 1.807) is 11.0 Å². The Balaban J connectivity index is 1.67. The number of ether oxygens (including phenoxy) is 1. The summed E-state index contributed by atoms with van der Waals surface area (Å²) in [4.78, 5) is 28.3. The van der Waals surface area contributed by atoms with Crippen molar-refractivity contribution in [1.29, 1.82) is 0 Å². The number of halogens is 2. The highest BCUT2D eigenvalue weighted by molar-refractivity contribution is 7.98. The fourth-order valence-electron chi connectivity index (χ4n) is 5.21. The largest absolute Gasteiger partial charge is 0.502 e. The zero-order chi connectivity index (χ0) is 24.3. The number of nitrogens with zero attached hydrogens (tertiary/aromatic N) is 3. The second-order valence-electron chi connectivity index (χ2n) is 8.64. The summed E-state index contributed by atoms with van der Waals surface area (Å²) in [5.74, 6) is -2.71. The Bertz CT molecular complexity index is 1410. The number of amides is 1. The lowest BCUT2D eigenvalue weighted by Gasteiger charge is -2.49. The van der Waals surface area contributed by atoms with Crippen LogP contribution in [0.4, 0.5) is 8.78 Å². The molecule has 0 bridgehead atoms.